The van der Waals surface area contributed by atoms with E-state index in [9.17, 15) is 18.5 Å². The van der Waals surface area contributed by atoms with Crippen LogP contribution in [-0.4, -0.2) is 13.3 Å². The molecule has 0 aliphatic heterocycles. The molecule has 0 amide bonds. The number of para-hydroxylation sites is 1. The molecule has 0 fully saturated rings. The van der Waals surface area contributed by atoms with Crippen molar-refractivity contribution in [1.29, 1.82) is 5.26 Å². The van der Waals surface area contributed by atoms with Crippen molar-refractivity contribution < 1.29 is 13.3 Å². The highest BCUT2D eigenvalue weighted by Gasteiger charge is 2.28. The lowest BCUT2D eigenvalue weighted by atomic mass is 10.1. The monoisotopic (exact) mass is 427 g/mol. The number of anilines is 1. The fourth-order valence-electron chi connectivity index (χ4n) is 2.68. The summed E-state index contributed by atoms with van der Waals surface area (Å²) < 4.78 is 27.9. The van der Waals surface area contributed by atoms with Gasteiger partial charge in [-0.25, -0.2) is 8.42 Å². The van der Waals surface area contributed by atoms with Crippen molar-refractivity contribution in [2.45, 2.75) is 11.4 Å². The van der Waals surface area contributed by atoms with E-state index in [-0.39, 0.29) is 16.5 Å². The largest absolute Gasteiger partial charge is 0.289 e. The quantitative estimate of drug-likeness (QED) is 0.425. The van der Waals surface area contributed by atoms with Gasteiger partial charge >= 0.3 is 0 Å². The van der Waals surface area contributed by atoms with Gasteiger partial charge in [0.1, 0.15) is 5.02 Å². The summed E-state index contributed by atoms with van der Waals surface area (Å²) in [5, 5.41) is 20.0. The van der Waals surface area contributed by atoms with Crippen molar-refractivity contribution in [2.75, 3.05) is 4.31 Å². The minimum Gasteiger partial charge on any atom is -0.262 e. The molecule has 146 valence electrons. The molecule has 0 aliphatic carbocycles. The second kappa shape index (κ2) is 8.31. The van der Waals surface area contributed by atoms with E-state index < -0.39 is 20.6 Å². The van der Waals surface area contributed by atoms with Crippen LogP contribution in [0.5, 0.6) is 0 Å². The summed E-state index contributed by atoms with van der Waals surface area (Å²) in [6.07, 6.45) is 0. The summed E-state index contributed by atoms with van der Waals surface area (Å²) >= 11 is 5.82. The zero-order valence-electron chi connectivity index (χ0n) is 14.9. The summed E-state index contributed by atoms with van der Waals surface area (Å²) in [7, 11) is -4.14. The van der Waals surface area contributed by atoms with E-state index in [1.807, 2.05) is 6.07 Å². The van der Waals surface area contributed by atoms with Crippen molar-refractivity contribution in [3.8, 4) is 6.07 Å². The molecule has 3 rings (SSSR count). The summed E-state index contributed by atoms with van der Waals surface area (Å²) in [5.41, 5.74) is 1.02. The maximum absolute atomic E-state index is 13.4. The lowest BCUT2D eigenvalue weighted by Gasteiger charge is -2.24. The molecular weight excluding hydrogens is 414 g/mol. The molecule has 9 heteroatoms. The van der Waals surface area contributed by atoms with Crippen LogP contribution in [0, 0.1) is 21.4 Å². The van der Waals surface area contributed by atoms with Crippen LogP contribution in [0.1, 0.15) is 11.1 Å². The van der Waals surface area contributed by atoms with Gasteiger partial charge in [-0.05, 0) is 42.0 Å². The highest BCUT2D eigenvalue weighted by Crippen LogP contribution is 2.31. The van der Waals surface area contributed by atoms with Gasteiger partial charge in [-0.1, -0.05) is 41.9 Å². The van der Waals surface area contributed by atoms with Gasteiger partial charge in [0.25, 0.3) is 15.7 Å². The minimum atomic E-state index is -4.14. The summed E-state index contributed by atoms with van der Waals surface area (Å²) in [4.78, 5) is 10.2. The number of hydrogen-bond donors (Lipinski definition) is 0. The summed E-state index contributed by atoms with van der Waals surface area (Å²) in [5.74, 6) is 0. The Kier molecular flexibility index (Phi) is 5.82. The number of nitro groups is 1. The summed E-state index contributed by atoms with van der Waals surface area (Å²) in [6.45, 7) is -0.0194. The first-order valence-corrected chi connectivity index (χ1v) is 10.2. The highest BCUT2D eigenvalue weighted by molar-refractivity contribution is 7.92. The van der Waals surface area contributed by atoms with E-state index in [0.29, 0.717) is 16.8 Å². The van der Waals surface area contributed by atoms with E-state index in [2.05, 4.69) is 0 Å². The van der Waals surface area contributed by atoms with Gasteiger partial charge in [-0.2, -0.15) is 5.26 Å². The fourth-order valence-corrected chi connectivity index (χ4v) is 4.34. The molecule has 0 saturated heterocycles. The number of nitro benzene ring substituents is 1. The fraction of sp³-hybridized carbons (Fsp3) is 0.0500. The van der Waals surface area contributed by atoms with Gasteiger partial charge in [0.05, 0.1) is 33.7 Å². The maximum Gasteiger partial charge on any atom is 0.289 e. The van der Waals surface area contributed by atoms with E-state index >= 15 is 0 Å². The van der Waals surface area contributed by atoms with Crippen LogP contribution >= 0.6 is 11.6 Å². The van der Waals surface area contributed by atoms with Crippen LogP contribution in [-0.2, 0) is 16.6 Å². The molecule has 29 heavy (non-hydrogen) atoms. The molecule has 0 N–H and O–H groups in total. The molecule has 0 spiro atoms. The molecular formula is C20H14ClN3O4S. The number of nitriles is 1. The predicted molar refractivity (Wildman–Crippen MR) is 109 cm³/mol. The van der Waals surface area contributed by atoms with Crippen LogP contribution in [0.3, 0.4) is 0 Å². The number of halogens is 1. The Bertz CT molecular complexity index is 1190. The average molecular weight is 428 g/mol. The smallest absolute Gasteiger partial charge is 0.262 e. The van der Waals surface area contributed by atoms with Gasteiger partial charge in [0.15, 0.2) is 0 Å². The first-order valence-electron chi connectivity index (χ1n) is 8.33. The Morgan fingerprint density at radius 1 is 1.03 bits per heavy atom. The van der Waals surface area contributed by atoms with Gasteiger partial charge in [-0.15, -0.1) is 0 Å². The first kappa shape index (κ1) is 20.3. The second-order valence-electron chi connectivity index (χ2n) is 6.03. The first-order chi connectivity index (χ1) is 13.8. The molecule has 3 aromatic rings. The Morgan fingerprint density at radius 3 is 2.28 bits per heavy atom. The lowest BCUT2D eigenvalue weighted by Crippen LogP contribution is -2.30. The number of nitrogens with zero attached hydrogens (tertiary/aromatic N) is 3. The third-order valence-electron chi connectivity index (χ3n) is 4.16. The van der Waals surface area contributed by atoms with Crippen LogP contribution in [0.2, 0.25) is 5.02 Å². The Balaban J connectivity index is 2.09. The molecule has 0 unspecified atom stereocenters. The van der Waals surface area contributed by atoms with E-state index in [4.69, 9.17) is 16.9 Å². The van der Waals surface area contributed by atoms with Crippen molar-refractivity contribution in [1.82, 2.24) is 0 Å². The molecule has 0 atom stereocenters. The SMILES string of the molecule is N#Cc1ccc(CN(c2ccccc2)S(=O)(=O)c2ccc(Cl)c([N+](=O)[O-])c2)cc1. The van der Waals surface area contributed by atoms with Gasteiger partial charge in [0.2, 0.25) is 0 Å². The number of rotatable bonds is 6. The molecule has 7 nitrogen and oxygen atoms in total. The third-order valence-corrected chi connectivity index (χ3v) is 6.25. The van der Waals surface area contributed by atoms with Gasteiger partial charge < -0.3 is 0 Å². The topological polar surface area (TPSA) is 104 Å². The third kappa shape index (κ3) is 4.37. The number of sulfonamides is 1. The summed E-state index contributed by atoms with van der Waals surface area (Å²) in [6, 6.07) is 20.3. The van der Waals surface area contributed by atoms with Crippen LogP contribution in [0.15, 0.2) is 77.7 Å². The highest BCUT2D eigenvalue weighted by atomic mass is 35.5. The molecule has 3 aromatic carbocycles. The predicted octanol–water partition coefficient (Wildman–Crippen LogP) is 4.52. The van der Waals surface area contributed by atoms with E-state index in [1.165, 1.54) is 12.1 Å². The van der Waals surface area contributed by atoms with Crippen molar-refractivity contribution >= 4 is 33.0 Å². The van der Waals surface area contributed by atoms with Gasteiger partial charge in [-0.3, -0.25) is 14.4 Å². The van der Waals surface area contributed by atoms with Crippen molar-refractivity contribution in [3.05, 3.63) is 99.1 Å². The molecule has 0 saturated carbocycles. The maximum atomic E-state index is 13.4. The van der Waals surface area contributed by atoms with Crippen molar-refractivity contribution in [2.24, 2.45) is 0 Å². The van der Waals surface area contributed by atoms with Gasteiger partial charge in [0, 0.05) is 6.07 Å². The van der Waals surface area contributed by atoms with Crippen molar-refractivity contribution in [3.63, 3.8) is 0 Å². The zero-order valence-corrected chi connectivity index (χ0v) is 16.5. The second-order valence-corrected chi connectivity index (χ2v) is 8.30. The number of benzene rings is 3. The lowest BCUT2D eigenvalue weighted by molar-refractivity contribution is -0.384. The Hall–Kier alpha value is -3.41. The molecule has 0 aromatic heterocycles. The minimum absolute atomic E-state index is 0.0194. The van der Waals surface area contributed by atoms with Crippen LogP contribution in [0.25, 0.3) is 0 Å². The van der Waals surface area contributed by atoms with E-state index in [1.54, 1.807) is 54.6 Å². The molecule has 0 heterocycles. The normalized spacial score (nSPS) is 10.9. The molecule has 0 radical (unpaired) electrons. The molecule has 0 bridgehead atoms. The van der Waals surface area contributed by atoms with E-state index in [0.717, 1.165) is 10.4 Å². The molecule has 0 aliphatic rings. The number of hydrogen-bond acceptors (Lipinski definition) is 5. The Labute approximate surface area is 172 Å². The standard InChI is InChI=1S/C20H14ClN3O4S/c21-19-11-10-18(12-20(19)24(25)26)29(27,28)23(17-4-2-1-3-5-17)14-16-8-6-15(13-22)7-9-16/h1-12H,14H2. The average Bonchev–Trinajstić information content (AvgIpc) is 2.73. The van der Waals surface area contributed by atoms with Crippen LogP contribution < -0.4 is 4.31 Å². The van der Waals surface area contributed by atoms with Crippen LogP contribution in [0.4, 0.5) is 11.4 Å². The Morgan fingerprint density at radius 2 is 1.69 bits per heavy atom. The zero-order chi connectivity index (χ0) is 21.0.